The maximum atomic E-state index is 14.7. The molecular weight excluding hydrogens is 467 g/mol. The number of aromatic nitrogens is 4. The van der Waals surface area contributed by atoms with Crippen LogP contribution in [0.4, 0.5) is 10.3 Å². The second-order valence-corrected chi connectivity index (χ2v) is 9.70. The minimum Gasteiger partial charge on any atom is -0.396 e. The van der Waals surface area contributed by atoms with Crippen LogP contribution in [-0.2, 0) is 0 Å². The molecule has 35 heavy (non-hydrogen) atoms. The molecule has 3 aromatic heterocycles. The van der Waals surface area contributed by atoms with Crippen molar-refractivity contribution < 1.29 is 9.50 Å². The molecule has 1 aromatic carbocycles. The average Bonchev–Trinajstić information content (AvgIpc) is 3.25. The molecule has 1 aliphatic rings. The van der Waals surface area contributed by atoms with Crippen molar-refractivity contribution in [3.8, 4) is 11.4 Å². The highest BCUT2D eigenvalue weighted by atomic mass is 35.5. The van der Waals surface area contributed by atoms with Crippen molar-refractivity contribution in [1.29, 1.82) is 0 Å². The van der Waals surface area contributed by atoms with Crippen LogP contribution < -0.4 is 5.32 Å². The first kappa shape index (κ1) is 23.7. The van der Waals surface area contributed by atoms with Gasteiger partial charge >= 0.3 is 0 Å². The van der Waals surface area contributed by atoms with Gasteiger partial charge in [-0.1, -0.05) is 35.9 Å². The summed E-state index contributed by atoms with van der Waals surface area (Å²) in [7, 11) is 0. The number of nitrogens with zero attached hydrogens (tertiary/aromatic N) is 5. The number of anilines is 1. The van der Waals surface area contributed by atoms with Crippen LogP contribution in [0.2, 0.25) is 5.02 Å². The van der Waals surface area contributed by atoms with Gasteiger partial charge < -0.3 is 10.4 Å². The molecule has 1 aliphatic heterocycles. The van der Waals surface area contributed by atoms with Crippen molar-refractivity contribution >= 4 is 23.2 Å². The third-order valence-corrected chi connectivity index (χ3v) is 7.04. The molecule has 3 atom stereocenters. The van der Waals surface area contributed by atoms with Crippen molar-refractivity contribution in [2.75, 3.05) is 18.5 Å². The van der Waals surface area contributed by atoms with E-state index in [4.69, 9.17) is 11.6 Å². The van der Waals surface area contributed by atoms with Crippen molar-refractivity contribution in [2.45, 2.75) is 38.9 Å². The van der Waals surface area contributed by atoms with E-state index in [0.29, 0.717) is 28.4 Å². The predicted octanol–water partition coefficient (Wildman–Crippen LogP) is 5.13. The van der Waals surface area contributed by atoms with Gasteiger partial charge in [0.2, 0.25) is 5.95 Å². The molecule has 4 heterocycles. The first-order chi connectivity index (χ1) is 16.9. The highest BCUT2D eigenvalue weighted by Crippen LogP contribution is 2.40. The Morgan fingerprint density at radius 3 is 2.63 bits per heavy atom. The van der Waals surface area contributed by atoms with Gasteiger partial charge in [-0.15, -0.1) is 0 Å². The standard InChI is InChI=1S/C26H28ClFN6O/c1-15(2)34-13-19(14-35)24(34)18-8-6-17(7-9-18)16(3)31-26-30-11-21(28)23(32-26)22-12-29-25-20(27)5-4-10-33(22)25/h4-12,15-16,19,24,35H,13-14H2,1-3H3,(H,30,31,32)/t16-,19?,24?/m0/s1. The number of hydrogen-bond donors (Lipinski definition) is 2. The summed E-state index contributed by atoms with van der Waals surface area (Å²) in [4.78, 5) is 15.3. The fourth-order valence-electron chi connectivity index (χ4n) is 4.80. The SMILES string of the molecule is CC(C)N1CC(CO)C1c1ccc([C@H](C)Nc2ncc(F)c(-c3cnc4c(Cl)cccn34)n2)cc1. The smallest absolute Gasteiger partial charge is 0.223 e. The van der Waals surface area contributed by atoms with Crippen molar-refractivity contribution in [3.05, 3.63) is 77.0 Å². The number of halogens is 2. The Hall–Kier alpha value is -3.07. The number of hydrogen-bond acceptors (Lipinski definition) is 6. The van der Waals surface area contributed by atoms with Gasteiger partial charge in [-0.05, 0) is 44.0 Å². The number of fused-ring (bicyclic) bond motifs is 1. The third-order valence-electron chi connectivity index (χ3n) is 6.75. The maximum absolute atomic E-state index is 14.7. The van der Waals surface area contributed by atoms with Crippen LogP contribution in [0.25, 0.3) is 17.0 Å². The van der Waals surface area contributed by atoms with Crippen molar-refractivity contribution in [2.24, 2.45) is 5.92 Å². The van der Waals surface area contributed by atoms with Gasteiger partial charge in [0.25, 0.3) is 0 Å². The fourth-order valence-corrected chi connectivity index (χ4v) is 5.01. The fraction of sp³-hybridized carbons (Fsp3) is 0.346. The van der Waals surface area contributed by atoms with Crippen LogP contribution in [0, 0.1) is 11.7 Å². The Bertz CT molecular complexity index is 1340. The van der Waals surface area contributed by atoms with Gasteiger partial charge in [0.15, 0.2) is 11.5 Å². The molecular formula is C26H28ClFN6O. The molecule has 0 spiro atoms. The number of rotatable bonds is 7. The maximum Gasteiger partial charge on any atom is 0.223 e. The molecule has 0 aliphatic carbocycles. The van der Waals surface area contributed by atoms with Crippen molar-refractivity contribution in [3.63, 3.8) is 0 Å². The van der Waals surface area contributed by atoms with Gasteiger partial charge in [-0.25, -0.2) is 19.3 Å². The Morgan fingerprint density at radius 2 is 1.91 bits per heavy atom. The monoisotopic (exact) mass is 494 g/mol. The normalized spacial score (nSPS) is 19.2. The summed E-state index contributed by atoms with van der Waals surface area (Å²) in [5.41, 5.74) is 3.44. The van der Waals surface area contributed by atoms with Gasteiger partial charge in [-0.2, -0.15) is 0 Å². The number of likely N-dealkylation sites (tertiary alicyclic amines) is 1. The van der Waals surface area contributed by atoms with E-state index in [-0.39, 0.29) is 30.3 Å². The first-order valence-corrected chi connectivity index (χ1v) is 12.1. The largest absolute Gasteiger partial charge is 0.396 e. The Kier molecular flexibility index (Phi) is 6.44. The molecule has 2 N–H and O–H groups in total. The van der Waals surface area contributed by atoms with Crippen LogP contribution in [-0.4, -0.2) is 48.6 Å². The van der Waals surface area contributed by atoms with Gasteiger partial charge in [-0.3, -0.25) is 9.30 Å². The summed E-state index contributed by atoms with van der Waals surface area (Å²) < 4.78 is 16.4. The number of aliphatic hydroxyl groups is 1. The molecule has 1 fully saturated rings. The number of aliphatic hydroxyl groups excluding tert-OH is 1. The van der Waals surface area contributed by atoms with Crippen LogP contribution in [0.15, 0.2) is 55.0 Å². The van der Waals surface area contributed by atoms with Crippen LogP contribution in [0.3, 0.4) is 0 Å². The lowest BCUT2D eigenvalue weighted by molar-refractivity contribution is -0.0400. The van der Waals surface area contributed by atoms with Crippen LogP contribution in [0.5, 0.6) is 0 Å². The molecule has 2 unspecified atom stereocenters. The summed E-state index contributed by atoms with van der Waals surface area (Å²) in [6.45, 7) is 7.48. The lowest BCUT2D eigenvalue weighted by Crippen LogP contribution is -2.54. The first-order valence-electron chi connectivity index (χ1n) is 11.7. The van der Waals surface area contributed by atoms with Gasteiger partial charge in [0.1, 0.15) is 5.69 Å². The lowest BCUT2D eigenvalue weighted by Gasteiger charge is -2.50. The van der Waals surface area contributed by atoms with Crippen LogP contribution in [0.1, 0.15) is 44.0 Å². The van der Waals surface area contributed by atoms with Crippen LogP contribution >= 0.6 is 11.6 Å². The number of pyridine rings is 1. The Morgan fingerprint density at radius 1 is 1.14 bits per heavy atom. The van der Waals surface area contributed by atoms with Gasteiger partial charge in [0, 0.05) is 37.4 Å². The summed E-state index contributed by atoms with van der Waals surface area (Å²) in [5, 5.41) is 13.5. The minimum absolute atomic E-state index is 0.102. The predicted molar refractivity (Wildman–Crippen MR) is 135 cm³/mol. The highest BCUT2D eigenvalue weighted by molar-refractivity contribution is 6.33. The molecule has 0 bridgehead atoms. The van der Waals surface area contributed by atoms with E-state index >= 15 is 0 Å². The van der Waals surface area contributed by atoms with E-state index in [1.54, 1.807) is 28.9 Å². The Balaban J connectivity index is 1.36. The second kappa shape index (κ2) is 9.53. The van der Waals surface area contributed by atoms with Gasteiger partial charge in [0.05, 0.1) is 29.2 Å². The molecule has 5 rings (SSSR count). The van der Waals surface area contributed by atoms with E-state index in [9.17, 15) is 9.50 Å². The molecule has 0 radical (unpaired) electrons. The zero-order valence-corrected chi connectivity index (χ0v) is 20.6. The zero-order valence-electron chi connectivity index (χ0n) is 19.9. The topological polar surface area (TPSA) is 78.6 Å². The molecule has 7 nitrogen and oxygen atoms in total. The Labute approximate surface area is 208 Å². The van der Waals surface area contributed by atoms with E-state index in [0.717, 1.165) is 18.3 Å². The molecule has 0 saturated carbocycles. The van der Waals surface area contributed by atoms with Crippen molar-refractivity contribution in [1.82, 2.24) is 24.3 Å². The van der Waals surface area contributed by atoms with E-state index < -0.39 is 5.82 Å². The molecule has 1 saturated heterocycles. The average molecular weight is 495 g/mol. The summed E-state index contributed by atoms with van der Waals surface area (Å²) in [6.07, 6.45) is 4.49. The summed E-state index contributed by atoms with van der Waals surface area (Å²) >= 11 is 6.21. The molecule has 9 heteroatoms. The number of nitrogens with one attached hydrogen (secondary N) is 1. The molecule has 0 amide bonds. The minimum atomic E-state index is -0.539. The van der Waals surface area contributed by atoms with E-state index in [1.807, 2.05) is 6.92 Å². The molecule has 4 aromatic rings. The summed E-state index contributed by atoms with van der Waals surface area (Å²) in [6, 6.07) is 12.5. The molecule has 182 valence electrons. The highest BCUT2D eigenvalue weighted by Gasteiger charge is 2.40. The number of imidazole rings is 1. The second-order valence-electron chi connectivity index (χ2n) is 9.29. The number of benzene rings is 1. The summed E-state index contributed by atoms with van der Waals surface area (Å²) in [5.74, 6) is 0.0441. The van der Waals surface area contributed by atoms with E-state index in [1.165, 1.54) is 5.56 Å². The lowest BCUT2D eigenvalue weighted by atomic mass is 9.82. The third kappa shape index (κ3) is 4.37. The zero-order chi connectivity index (χ0) is 24.7. The van der Waals surface area contributed by atoms with E-state index in [2.05, 4.69) is 63.3 Å². The quantitative estimate of drug-likeness (QED) is 0.371.